The van der Waals surface area contributed by atoms with Crippen LogP contribution in [-0.2, 0) is 4.79 Å². The van der Waals surface area contributed by atoms with E-state index < -0.39 is 5.76 Å². The fourth-order valence-corrected chi connectivity index (χ4v) is 2.50. The molecule has 0 saturated heterocycles. The highest BCUT2D eigenvalue weighted by atomic mass is 79.9. The molecule has 0 aliphatic rings. The summed E-state index contributed by atoms with van der Waals surface area (Å²) in [5, 5.41) is 2.63. The van der Waals surface area contributed by atoms with Crippen molar-refractivity contribution in [1.29, 1.82) is 0 Å². The monoisotopic (exact) mass is 387 g/mol. The van der Waals surface area contributed by atoms with Gasteiger partial charge in [-0.15, -0.1) is 0 Å². The summed E-state index contributed by atoms with van der Waals surface area (Å²) < 4.78 is 30.6. The average Bonchev–Trinajstić information content (AvgIpc) is 2.47. The van der Waals surface area contributed by atoms with Gasteiger partial charge in [0.15, 0.2) is 6.61 Å². The quantitative estimate of drug-likeness (QED) is 0.724. The van der Waals surface area contributed by atoms with E-state index in [9.17, 15) is 13.6 Å². The number of halogens is 3. The van der Waals surface area contributed by atoms with Gasteiger partial charge >= 0.3 is 0 Å². The van der Waals surface area contributed by atoms with Crippen LogP contribution in [0, 0.1) is 0 Å². The first-order chi connectivity index (χ1) is 10.5. The van der Waals surface area contributed by atoms with E-state index in [1.807, 2.05) is 6.07 Å². The molecule has 0 aromatic heterocycles. The SMILES string of the molecule is O=C(COc1cccc(Br)c1)Nc1ccc(SC(F)F)cc1. The maximum Gasteiger partial charge on any atom is 0.288 e. The molecule has 0 heterocycles. The van der Waals surface area contributed by atoms with Crippen molar-refractivity contribution in [3.05, 3.63) is 53.0 Å². The third-order valence-electron chi connectivity index (χ3n) is 2.53. The second-order valence-electron chi connectivity index (χ2n) is 4.20. The lowest BCUT2D eigenvalue weighted by atomic mass is 10.3. The second kappa shape index (κ2) is 8.14. The predicted molar refractivity (Wildman–Crippen MR) is 86.6 cm³/mol. The molecule has 0 aliphatic carbocycles. The molecule has 2 aromatic rings. The standard InChI is InChI=1S/C15H12BrF2NO2S/c16-10-2-1-3-12(8-10)21-9-14(20)19-11-4-6-13(7-5-11)22-15(17)18/h1-8,15H,9H2,(H,19,20). The van der Waals surface area contributed by atoms with Crippen molar-refractivity contribution in [2.75, 3.05) is 11.9 Å². The van der Waals surface area contributed by atoms with Crippen LogP contribution < -0.4 is 10.1 Å². The van der Waals surface area contributed by atoms with Gasteiger partial charge in [0.25, 0.3) is 11.7 Å². The molecule has 116 valence electrons. The molecule has 0 fully saturated rings. The van der Waals surface area contributed by atoms with Gasteiger partial charge in [0.2, 0.25) is 0 Å². The third kappa shape index (κ3) is 5.65. The smallest absolute Gasteiger partial charge is 0.288 e. The van der Waals surface area contributed by atoms with Crippen molar-refractivity contribution in [2.24, 2.45) is 0 Å². The van der Waals surface area contributed by atoms with Crippen LogP contribution >= 0.6 is 27.7 Å². The zero-order valence-electron chi connectivity index (χ0n) is 11.3. The number of alkyl halides is 2. The molecule has 2 aromatic carbocycles. The maximum absolute atomic E-state index is 12.2. The first kappa shape index (κ1) is 16.8. The molecule has 0 aliphatic heterocycles. The van der Waals surface area contributed by atoms with Gasteiger partial charge < -0.3 is 10.1 Å². The highest BCUT2D eigenvalue weighted by Crippen LogP contribution is 2.26. The molecule has 0 radical (unpaired) electrons. The number of thioether (sulfide) groups is 1. The highest BCUT2D eigenvalue weighted by Gasteiger charge is 2.07. The molecule has 1 N–H and O–H groups in total. The fraction of sp³-hybridized carbons (Fsp3) is 0.133. The summed E-state index contributed by atoms with van der Waals surface area (Å²) in [5.74, 6) is -2.21. The lowest BCUT2D eigenvalue weighted by molar-refractivity contribution is -0.118. The summed E-state index contributed by atoms with van der Waals surface area (Å²) in [6, 6.07) is 13.4. The van der Waals surface area contributed by atoms with E-state index in [-0.39, 0.29) is 12.5 Å². The Morgan fingerprint density at radius 3 is 2.59 bits per heavy atom. The zero-order chi connectivity index (χ0) is 15.9. The molecule has 1 amide bonds. The Labute approximate surface area is 139 Å². The van der Waals surface area contributed by atoms with Gasteiger partial charge in [-0.05, 0) is 42.5 Å². The van der Waals surface area contributed by atoms with Crippen molar-refractivity contribution >= 4 is 39.3 Å². The van der Waals surface area contributed by atoms with Crippen molar-refractivity contribution in [1.82, 2.24) is 0 Å². The van der Waals surface area contributed by atoms with Gasteiger partial charge in [-0.1, -0.05) is 33.8 Å². The van der Waals surface area contributed by atoms with Gasteiger partial charge in [0.1, 0.15) is 5.75 Å². The van der Waals surface area contributed by atoms with E-state index in [4.69, 9.17) is 4.74 Å². The Hall–Kier alpha value is -1.60. The Morgan fingerprint density at radius 1 is 1.23 bits per heavy atom. The number of carbonyl (C=O) groups is 1. The lowest BCUT2D eigenvalue weighted by Gasteiger charge is -2.08. The van der Waals surface area contributed by atoms with Crippen LogP contribution in [0.25, 0.3) is 0 Å². The highest BCUT2D eigenvalue weighted by molar-refractivity contribution is 9.10. The number of benzene rings is 2. The van der Waals surface area contributed by atoms with E-state index in [0.29, 0.717) is 28.1 Å². The fourth-order valence-electron chi connectivity index (χ4n) is 1.62. The van der Waals surface area contributed by atoms with Crippen LogP contribution in [0.4, 0.5) is 14.5 Å². The summed E-state index contributed by atoms with van der Waals surface area (Å²) in [6.07, 6.45) is 0. The van der Waals surface area contributed by atoms with E-state index >= 15 is 0 Å². The summed E-state index contributed by atoms with van der Waals surface area (Å²) in [5.41, 5.74) is 0.529. The summed E-state index contributed by atoms with van der Waals surface area (Å²) in [7, 11) is 0. The van der Waals surface area contributed by atoms with E-state index in [2.05, 4.69) is 21.2 Å². The minimum absolute atomic E-state index is 0.135. The molecule has 0 atom stereocenters. The van der Waals surface area contributed by atoms with Crippen LogP contribution in [-0.4, -0.2) is 18.3 Å². The number of anilines is 1. The molecule has 0 spiro atoms. The Morgan fingerprint density at radius 2 is 1.95 bits per heavy atom. The number of hydrogen-bond acceptors (Lipinski definition) is 3. The lowest BCUT2D eigenvalue weighted by Crippen LogP contribution is -2.20. The van der Waals surface area contributed by atoms with Crippen LogP contribution in [0.5, 0.6) is 5.75 Å². The molecule has 0 bridgehead atoms. The summed E-state index contributed by atoms with van der Waals surface area (Å²) in [6.45, 7) is -0.135. The molecule has 22 heavy (non-hydrogen) atoms. The number of rotatable bonds is 6. The van der Waals surface area contributed by atoms with Gasteiger partial charge in [-0.2, -0.15) is 8.78 Å². The number of ether oxygens (including phenoxy) is 1. The number of nitrogens with one attached hydrogen (secondary N) is 1. The van der Waals surface area contributed by atoms with Crippen LogP contribution in [0.2, 0.25) is 0 Å². The largest absolute Gasteiger partial charge is 0.484 e. The molecular formula is C15H12BrF2NO2S. The molecular weight excluding hydrogens is 376 g/mol. The first-order valence-corrected chi connectivity index (χ1v) is 7.93. The van der Waals surface area contributed by atoms with Crippen molar-refractivity contribution in [2.45, 2.75) is 10.7 Å². The third-order valence-corrected chi connectivity index (χ3v) is 3.75. The average molecular weight is 388 g/mol. The Balaban J connectivity index is 1.84. The maximum atomic E-state index is 12.2. The van der Waals surface area contributed by atoms with Crippen molar-refractivity contribution in [3.63, 3.8) is 0 Å². The minimum atomic E-state index is -2.46. The molecule has 3 nitrogen and oxygen atoms in total. The normalized spacial score (nSPS) is 10.5. The van der Waals surface area contributed by atoms with E-state index in [1.165, 1.54) is 12.1 Å². The van der Waals surface area contributed by atoms with Crippen molar-refractivity contribution in [3.8, 4) is 5.75 Å². The van der Waals surface area contributed by atoms with E-state index in [0.717, 1.165) is 4.47 Å². The molecule has 0 saturated carbocycles. The first-order valence-electron chi connectivity index (χ1n) is 6.26. The summed E-state index contributed by atoms with van der Waals surface area (Å²) in [4.78, 5) is 12.2. The molecule has 0 unspecified atom stereocenters. The number of hydrogen-bond donors (Lipinski definition) is 1. The van der Waals surface area contributed by atoms with Crippen LogP contribution in [0.3, 0.4) is 0 Å². The second-order valence-corrected chi connectivity index (χ2v) is 6.18. The van der Waals surface area contributed by atoms with E-state index in [1.54, 1.807) is 30.3 Å². The summed E-state index contributed by atoms with van der Waals surface area (Å²) >= 11 is 3.77. The zero-order valence-corrected chi connectivity index (χ0v) is 13.7. The van der Waals surface area contributed by atoms with Gasteiger partial charge in [-0.25, -0.2) is 0 Å². The number of carbonyl (C=O) groups excluding carboxylic acids is 1. The topological polar surface area (TPSA) is 38.3 Å². The van der Waals surface area contributed by atoms with Gasteiger partial charge in [0, 0.05) is 15.1 Å². The van der Waals surface area contributed by atoms with Crippen LogP contribution in [0.1, 0.15) is 0 Å². The Bertz CT molecular complexity index is 638. The number of amides is 1. The minimum Gasteiger partial charge on any atom is -0.484 e. The predicted octanol–water partition coefficient (Wildman–Crippen LogP) is 4.78. The molecule has 2 rings (SSSR count). The van der Waals surface area contributed by atoms with Crippen LogP contribution in [0.15, 0.2) is 57.9 Å². The van der Waals surface area contributed by atoms with Crippen molar-refractivity contribution < 1.29 is 18.3 Å². The Kier molecular flexibility index (Phi) is 6.21. The van der Waals surface area contributed by atoms with Gasteiger partial charge in [-0.3, -0.25) is 4.79 Å². The molecule has 7 heteroatoms. The van der Waals surface area contributed by atoms with Gasteiger partial charge in [0.05, 0.1) is 0 Å².